The van der Waals surface area contributed by atoms with Crippen molar-refractivity contribution < 1.29 is 36.7 Å². The summed E-state index contributed by atoms with van der Waals surface area (Å²) < 4.78 is 52.0. The summed E-state index contributed by atoms with van der Waals surface area (Å²) in [5.41, 5.74) is 6.24. The van der Waals surface area contributed by atoms with Gasteiger partial charge in [-0.2, -0.15) is 0 Å². The number of fused-ring (bicyclic) bond motifs is 1. The minimum Gasteiger partial charge on any atom is -0.494 e. The fraction of sp³-hybridized carbons (Fsp3) is 0.474. The molecule has 284 valence electrons. The summed E-state index contributed by atoms with van der Waals surface area (Å²) >= 11 is 6.28. The number of pyridine rings is 1. The lowest BCUT2D eigenvalue weighted by Crippen LogP contribution is -2.49. The molecule has 0 bridgehead atoms. The van der Waals surface area contributed by atoms with Crippen molar-refractivity contribution in [3.63, 3.8) is 0 Å². The molecule has 4 N–H and O–H groups in total. The van der Waals surface area contributed by atoms with Gasteiger partial charge >= 0.3 is 0 Å². The fourth-order valence-corrected chi connectivity index (χ4v) is 8.25. The van der Waals surface area contributed by atoms with Crippen LogP contribution in [0.1, 0.15) is 64.7 Å². The van der Waals surface area contributed by atoms with Crippen LogP contribution in [0.3, 0.4) is 0 Å². The van der Waals surface area contributed by atoms with Crippen LogP contribution in [-0.4, -0.2) is 72.6 Å². The van der Waals surface area contributed by atoms with E-state index in [-0.39, 0.29) is 36.6 Å². The van der Waals surface area contributed by atoms with Gasteiger partial charge in [0.1, 0.15) is 29.8 Å². The lowest BCUT2D eigenvalue weighted by atomic mass is 10.0. The largest absolute Gasteiger partial charge is 0.494 e. The van der Waals surface area contributed by atoms with Crippen LogP contribution in [-0.2, 0) is 24.4 Å². The van der Waals surface area contributed by atoms with Crippen LogP contribution in [0.5, 0.6) is 11.6 Å². The number of amides is 3. The van der Waals surface area contributed by atoms with Crippen LogP contribution in [0.4, 0.5) is 10.1 Å². The number of unbranched alkanes of at least 4 members (excludes halogenated alkanes) is 3. The summed E-state index contributed by atoms with van der Waals surface area (Å²) in [6.45, 7) is 1.73. The minimum absolute atomic E-state index is 0.0261. The monoisotopic (exact) mass is 769 g/mol. The first-order valence-corrected chi connectivity index (χ1v) is 19.8. The third-order valence-electron chi connectivity index (χ3n) is 10.4. The van der Waals surface area contributed by atoms with Gasteiger partial charge in [0.25, 0.3) is 0 Å². The molecule has 1 aromatic heterocycles. The average Bonchev–Trinajstić information content (AvgIpc) is 4.03. The number of ether oxygens (including phenoxy) is 2. The molecule has 5 atom stereocenters. The minimum atomic E-state index is -3.64. The van der Waals surface area contributed by atoms with E-state index in [0.29, 0.717) is 53.9 Å². The van der Waals surface area contributed by atoms with Crippen molar-refractivity contribution in [3.05, 3.63) is 71.7 Å². The maximum Gasteiger partial charge on any atom is 0.245 e. The molecule has 0 unspecified atom stereocenters. The van der Waals surface area contributed by atoms with Crippen LogP contribution in [0, 0.1) is 17.7 Å². The van der Waals surface area contributed by atoms with Crippen LogP contribution in [0.15, 0.2) is 60.8 Å². The lowest BCUT2D eigenvalue weighted by Gasteiger charge is -2.28. The molecule has 2 aliphatic carbocycles. The Labute approximate surface area is 313 Å². The molecular weight excluding hydrogens is 725 g/mol. The number of halogens is 2. The molecule has 3 fully saturated rings. The molecule has 0 spiro atoms. The highest BCUT2D eigenvalue weighted by Crippen LogP contribution is 2.44. The molecule has 2 aromatic carbocycles. The number of nitrogens with two attached hydrogens (primary N) is 1. The lowest BCUT2D eigenvalue weighted by molar-refractivity contribution is -0.138. The van der Waals surface area contributed by atoms with E-state index in [4.69, 9.17) is 26.8 Å². The number of nitrogens with one attached hydrogen (secondary N) is 2. The van der Waals surface area contributed by atoms with Crippen LogP contribution in [0.25, 0.3) is 10.8 Å². The number of anilines is 1. The Kier molecular flexibility index (Phi) is 11.5. The number of hydrogen-bond donors (Lipinski definition) is 3. The Bertz CT molecular complexity index is 2010. The van der Waals surface area contributed by atoms with E-state index in [1.165, 1.54) is 30.3 Å². The van der Waals surface area contributed by atoms with E-state index >= 15 is 0 Å². The van der Waals surface area contributed by atoms with Gasteiger partial charge in [-0.1, -0.05) is 42.7 Å². The van der Waals surface area contributed by atoms with Crippen molar-refractivity contribution >= 4 is 55.8 Å². The molecule has 1 aliphatic heterocycles. The molecule has 3 amide bonds. The Hall–Kier alpha value is -4.43. The summed E-state index contributed by atoms with van der Waals surface area (Å²) in [7, 11) is -2.10. The Morgan fingerprint density at radius 1 is 1.13 bits per heavy atom. The zero-order valence-electron chi connectivity index (χ0n) is 29.7. The van der Waals surface area contributed by atoms with Crippen LogP contribution >= 0.6 is 11.6 Å². The summed E-state index contributed by atoms with van der Waals surface area (Å²) in [5.74, 6) is -1.37. The van der Waals surface area contributed by atoms with E-state index in [1.807, 2.05) is 12.2 Å². The first-order valence-electron chi connectivity index (χ1n) is 17.9. The number of likely N-dealkylation sites (tertiary alicyclic amines) is 1. The number of nitrogens with zero attached hydrogens (tertiary/aromatic N) is 2. The molecule has 3 aromatic rings. The topological polar surface area (TPSA) is 170 Å². The Morgan fingerprint density at radius 2 is 1.92 bits per heavy atom. The highest BCUT2D eigenvalue weighted by atomic mass is 35.5. The van der Waals surface area contributed by atoms with Crippen molar-refractivity contribution in [2.24, 2.45) is 17.6 Å². The summed E-state index contributed by atoms with van der Waals surface area (Å²) in [6, 6.07) is 9.41. The van der Waals surface area contributed by atoms with Crippen molar-refractivity contribution in [3.8, 4) is 11.6 Å². The number of sulfonamides is 1. The molecule has 1 saturated heterocycles. The van der Waals surface area contributed by atoms with Gasteiger partial charge in [-0.15, -0.1) is 0 Å². The van der Waals surface area contributed by atoms with E-state index in [9.17, 15) is 27.2 Å². The number of carbonyl (C=O) groups is 3. The maximum absolute atomic E-state index is 14.1. The molecule has 0 radical (unpaired) electrons. The average molecular weight is 770 g/mol. The normalized spacial score (nSPS) is 22.4. The predicted molar refractivity (Wildman–Crippen MR) is 199 cm³/mol. The number of carbonyl (C=O) groups excluding carboxylic acids is 3. The number of aromatic nitrogens is 1. The van der Waals surface area contributed by atoms with Crippen molar-refractivity contribution in [2.45, 2.75) is 87.6 Å². The van der Waals surface area contributed by atoms with Crippen molar-refractivity contribution in [1.29, 1.82) is 0 Å². The molecule has 2 saturated carbocycles. The molecule has 6 rings (SSSR count). The number of methoxy groups -OCH3 is 1. The van der Waals surface area contributed by atoms with E-state index in [1.54, 1.807) is 37.3 Å². The van der Waals surface area contributed by atoms with Gasteiger partial charge in [0.15, 0.2) is 0 Å². The SMILES string of the molecule is COc1cnc(O[C@@H]2C[C@@H](C(N)=O)N(C(=O)[C@H](CCCCC/C=C\[C@@H]3C[C@@H]3C(=O)NS(=O)(=O)C3(C)CC3)Nc3cccc(F)c3)C2)c2cc(Cl)ccc12. The predicted octanol–water partition coefficient (Wildman–Crippen LogP) is 5.49. The van der Waals surface area contributed by atoms with Crippen molar-refractivity contribution in [1.82, 2.24) is 14.6 Å². The second kappa shape index (κ2) is 15.9. The number of rotatable bonds is 17. The summed E-state index contributed by atoms with van der Waals surface area (Å²) in [4.78, 5) is 45.1. The summed E-state index contributed by atoms with van der Waals surface area (Å²) in [6.07, 6.45) is 10.3. The second-order valence-corrected chi connectivity index (χ2v) is 17.0. The number of benzene rings is 2. The highest BCUT2D eigenvalue weighted by molar-refractivity contribution is 7.91. The molecule has 15 heteroatoms. The third kappa shape index (κ3) is 9.03. The summed E-state index contributed by atoms with van der Waals surface area (Å²) in [5, 5.41) is 5.01. The molecule has 12 nitrogen and oxygen atoms in total. The van der Waals surface area contributed by atoms with E-state index < -0.39 is 50.6 Å². The van der Waals surface area contributed by atoms with Crippen LogP contribution < -0.4 is 25.2 Å². The van der Waals surface area contributed by atoms with Crippen molar-refractivity contribution in [2.75, 3.05) is 19.0 Å². The number of primary amides is 1. The Morgan fingerprint density at radius 3 is 2.64 bits per heavy atom. The second-order valence-electron chi connectivity index (χ2n) is 14.4. The van der Waals surface area contributed by atoms with E-state index in [2.05, 4.69) is 15.0 Å². The van der Waals surface area contributed by atoms with Gasteiger partial charge in [-0.3, -0.25) is 19.1 Å². The zero-order valence-corrected chi connectivity index (χ0v) is 31.3. The molecule has 2 heterocycles. The van der Waals surface area contributed by atoms with Gasteiger partial charge in [0.2, 0.25) is 33.6 Å². The zero-order chi connectivity index (χ0) is 37.9. The van der Waals surface area contributed by atoms with Gasteiger partial charge < -0.3 is 25.4 Å². The van der Waals surface area contributed by atoms with Gasteiger partial charge in [-0.05, 0) is 87.8 Å². The van der Waals surface area contributed by atoms with Gasteiger partial charge in [0.05, 0.1) is 24.6 Å². The third-order valence-corrected chi connectivity index (χ3v) is 12.8. The fourth-order valence-electron chi connectivity index (χ4n) is 6.78. The first kappa shape index (κ1) is 38.3. The number of allylic oxidation sites excluding steroid dienone is 2. The van der Waals surface area contributed by atoms with Crippen LogP contribution in [0.2, 0.25) is 5.02 Å². The smallest absolute Gasteiger partial charge is 0.245 e. The van der Waals surface area contributed by atoms with Gasteiger partial charge in [-0.25, -0.2) is 17.8 Å². The van der Waals surface area contributed by atoms with Gasteiger partial charge in [0, 0.05) is 33.8 Å². The molecule has 3 aliphatic rings. The van der Waals surface area contributed by atoms with E-state index in [0.717, 1.165) is 24.6 Å². The molecule has 53 heavy (non-hydrogen) atoms. The Balaban J connectivity index is 1.05. The maximum atomic E-state index is 14.1. The number of hydrogen-bond acceptors (Lipinski definition) is 9. The molecular formula is C38H45ClFN5O7S. The quantitative estimate of drug-likeness (QED) is 0.119. The first-order chi connectivity index (χ1) is 25.3. The standard InChI is InChI=1S/C38H45ClFN5O7S/c1-38(15-16-38)53(49,50)44-35(47)29-17-23(29)9-6-4-3-5-7-12-31(43-26-11-8-10-25(40)19-26)37(48)45-22-27(20-32(45)34(41)46)52-36-30-18-24(39)13-14-28(30)33(51-2)21-42-36/h6,8-11,13-14,18-19,21,23,27,29,31-32,43H,3-5,7,12,15-17,20,22H2,1-2H3,(H2,41,46)(H,44,47)/b9-6-/t23-,27-,29+,31+,32+/m1/s1. The highest BCUT2D eigenvalue weighted by Gasteiger charge is 2.52.